The van der Waals surface area contributed by atoms with Gasteiger partial charge in [-0.1, -0.05) is 19.9 Å². The van der Waals surface area contributed by atoms with Gasteiger partial charge >= 0.3 is 0 Å². The van der Waals surface area contributed by atoms with Crippen LogP contribution >= 0.6 is 0 Å². The molecule has 92 valence electrons. The Morgan fingerprint density at radius 1 is 1.24 bits per heavy atom. The zero-order valence-corrected chi connectivity index (χ0v) is 10.7. The smallest absolute Gasteiger partial charge is 0.138 e. The maximum atomic E-state index is 11.9. The third kappa shape index (κ3) is 2.93. The Hall–Kier alpha value is -1.18. The monoisotopic (exact) mass is 231 g/mol. The summed E-state index contributed by atoms with van der Waals surface area (Å²) in [6, 6.07) is 6.11. The van der Waals surface area contributed by atoms with Gasteiger partial charge in [0.25, 0.3) is 0 Å². The number of aromatic nitrogens is 1. The standard InChI is InChI=1S/C15H21NO/c1-11(2)15(17)13-8-6-12(7-9-13)14-5-3-4-10-16-14/h3-5,10-13H,6-9H2,1-2H3. The molecule has 0 radical (unpaired) electrons. The fraction of sp³-hybridized carbons (Fsp3) is 0.600. The highest BCUT2D eigenvalue weighted by atomic mass is 16.1. The second kappa shape index (κ2) is 5.44. The lowest BCUT2D eigenvalue weighted by Crippen LogP contribution is -2.24. The predicted octanol–water partition coefficient (Wildman–Crippen LogP) is 3.58. The van der Waals surface area contributed by atoms with Crippen molar-refractivity contribution in [3.05, 3.63) is 30.1 Å². The van der Waals surface area contributed by atoms with E-state index in [-0.39, 0.29) is 5.92 Å². The highest BCUT2D eigenvalue weighted by Crippen LogP contribution is 2.35. The molecule has 0 spiro atoms. The molecule has 0 N–H and O–H groups in total. The normalized spacial score (nSPS) is 24.9. The summed E-state index contributed by atoms with van der Waals surface area (Å²) < 4.78 is 0. The topological polar surface area (TPSA) is 30.0 Å². The highest BCUT2D eigenvalue weighted by molar-refractivity contribution is 5.82. The van der Waals surface area contributed by atoms with E-state index < -0.39 is 0 Å². The largest absolute Gasteiger partial charge is 0.299 e. The summed E-state index contributed by atoms with van der Waals surface area (Å²) in [5.41, 5.74) is 1.20. The van der Waals surface area contributed by atoms with Gasteiger partial charge in [0, 0.05) is 29.6 Å². The molecule has 1 heterocycles. The SMILES string of the molecule is CC(C)C(=O)C1CCC(c2ccccn2)CC1. The van der Waals surface area contributed by atoms with Gasteiger partial charge in [0.1, 0.15) is 5.78 Å². The maximum absolute atomic E-state index is 11.9. The average molecular weight is 231 g/mol. The van der Waals surface area contributed by atoms with Gasteiger partial charge in [-0.2, -0.15) is 0 Å². The summed E-state index contributed by atoms with van der Waals surface area (Å²) >= 11 is 0. The first-order chi connectivity index (χ1) is 8.18. The number of hydrogen-bond acceptors (Lipinski definition) is 2. The fourth-order valence-electron chi connectivity index (χ4n) is 2.76. The molecule has 1 aliphatic carbocycles. The Labute approximate surface area is 103 Å². The zero-order chi connectivity index (χ0) is 12.3. The first-order valence-electron chi connectivity index (χ1n) is 6.63. The molecular weight excluding hydrogens is 210 g/mol. The molecule has 0 amide bonds. The molecule has 1 aliphatic rings. The van der Waals surface area contributed by atoms with E-state index in [1.165, 1.54) is 5.69 Å². The molecule has 2 nitrogen and oxygen atoms in total. The van der Waals surface area contributed by atoms with Crippen LogP contribution in [0.2, 0.25) is 0 Å². The third-order valence-electron chi connectivity index (χ3n) is 3.80. The molecule has 0 saturated heterocycles. The van der Waals surface area contributed by atoms with Crippen molar-refractivity contribution in [1.29, 1.82) is 0 Å². The van der Waals surface area contributed by atoms with Gasteiger partial charge in [-0.3, -0.25) is 9.78 Å². The summed E-state index contributed by atoms with van der Waals surface area (Å²) in [7, 11) is 0. The summed E-state index contributed by atoms with van der Waals surface area (Å²) in [5, 5.41) is 0. The van der Waals surface area contributed by atoms with Crippen LogP contribution in [0.4, 0.5) is 0 Å². The number of rotatable bonds is 3. The Bertz CT molecular complexity index is 364. The van der Waals surface area contributed by atoms with Crippen molar-refractivity contribution in [3.8, 4) is 0 Å². The van der Waals surface area contributed by atoms with E-state index in [4.69, 9.17) is 0 Å². The van der Waals surface area contributed by atoms with Crippen LogP contribution in [0.15, 0.2) is 24.4 Å². The van der Waals surface area contributed by atoms with Crippen molar-refractivity contribution in [2.75, 3.05) is 0 Å². The van der Waals surface area contributed by atoms with E-state index in [9.17, 15) is 4.79 Å². The minimum Gasteiger partial charge on any atom is -0.299 e. The van der Waals surface area contributed by atoms with Crippen molar-refractivity contribution in [2.45, 2.75) is 45.4 Å². The van der Waals surface area contributed by atoms with E-state index in [1.54, 1.807) is 0 Å². The molecule has 2 heteroatoms. The van der Waals surface area contributed by atoms with Crippen molar-refractivity contribution < 1.29 is 4.79 Å². The van der Waals surface area contributed by atoms with Crippen LogP contribution in [0.1, 0.15) is 51.1 Å². The maximum Gasteiger partial charge on any atom is 0.138 e. The quantitative estimate of drug-likeness (QED) is 0.796. The number of Topliss-reactive ketones (excluding diaryl/α,β-unsaturated/α-hetero) is 1. The van der Waals surface area contributed by atoms with Gasteiger partial charge < -0.3 is 0 Å². The fourth-order valence-corrected chi connectivity index (χ4v) is 2.76. The summed E-state index contributed by atoms with van der Waals surface area (Å²) in [6.07, 6.45) is 6.16. The summed E-state index contributed by atoms with van der Waals surface area (Å²) in [5.74, 6) is 1.50. The van der Waals surface area contributed by atoms with E-state index in [0.29, 0.717) is 17.6 Å². The third-order valence-corrected chi connectivity index (χ3v) is 3.80. The molecule has 1 aromatic heterocycles. The van der Waals surface area contributed by atoms with Crippen LogP contribution in [0.25, 0.3) is 0 Å². The van der Waals surface area contributed by atoms with Gasteiger partial charge in [-0.05, 0) is 37.8 Å². The Morgan fingerprint density at radius 2 is 1.94 bits per heavy atom. The second-order valence-electron chi connectivity index (χ2n) is 5.36. The van der Waals surface area contributed by atoms with E-state index in [2.05, 4.69) is 11.1 Å². The van der Waals surface area contributed by atoms with Gasteiger partial charge in [0.2, 0.25) is 0 Å². The van der Waals surface area contributed by atoms with Crippen LogP contribution in [0.3, 0.4) is 0 Å². The molecule has 0 aromatic carbocycles. The Kier molecular flexibility index (Phi) is 3.93. The van der Waals surface area contributed by atoms with Crippen LogP contribution in [0.5, 0.6) is 0 Å². The molecule has 1 fully saturated rings. The molecular formula is C15H21NO. The van der Waals surface area contributed by atoms with Crippen LogP contribution < -0.4 is 0 Å². The second-order valence-corrected chi connectivity index (χ2v) is 5.36. The molecule has 17 heavy (non-hydrogen) atoms. The van der Waals surface area contributed by atoms with Crippen LogP contribution in [0, 0.1) is 11.8 Å². The van der Waals surface area contributed by atoms with E-state index >= 15 is 0 Å². The molecule has 0 atom stereocenters. The first-order valence-corrected chi connectivity index (χ1v) is 6.63. The average Bonchev–Trinajstić information content (AvgIpc) is 2.39. The molecule has 2 rings (SSSR count). The number of hydrogen-bond donors (Lipinski definition) is 0. The van der Waals surface area contributed by atoms with E-state index in [1.807, 2.05) is 32.2 Å². The molecule has 0 aliphatic heterocycles. The number of ketones is 1. The summed E-state index contributed by atoms with van der Waals surface area (Å²) in [4.78, 5) is 16.3. The van der Waals surface area contributed by atoms with Crippen molar-refractivity contribution in [3.63, 3.8) is 0 Å². The summed E-state index contributed by atoms with van der Waals surface area (Å²) in [6.45, 7) is 4.01. The number of carbonyl (C=O) groups excluding carboxylic acids is 1. The highest BCUT2D eigenvalue weighted by Gasteiger charge is 2.28. The van der Waals surface area contributed by atoms with E-state index in [0.717, 1.165) is 25.7 Å². The van der Waals surface area contributed by atoms with Crippen molar-refractivity contribution >= 4 is 5.78 Å². The minimum atomic E-state index is 0.186. The molecule has 1 saturated carbocycles. The van der Waals surface area contributed by atoms with Gasteiger partial charge in [-0.15, -0.1) is 0 Å². The molecule has 0 bridgehead atoms. The first kappa shape index (κ1) is 12.3. The molecule has 1 aromatic rings. The number of pyridine rings is 1. The van der Waals surface area contributed by atoms with Gasteiger partial charge in [-0.25, -0.2) is 0 Å². The number of carbonyl (C=O) groups is 1. The van der Waals surface area contributed by atoms with Crippen LogP contribution in [-0.4, -0.2) is 10.8 Å². The predicted molar refractivity (Wildman–Crippen MR) is 68.8 cm³/mol. The van der Waals surface area contributed by atoms with Gasteiger partial charge in [0.15, 0.2) is 0 Å². The lowest BCUT2D eigenvalue weighted by Gasteiger charge is -2.28. The van der Waals surface area contributed by atoms with Crippen molar-refractivity contribution in [1.82, 2.24) is 4.98 Å². The lowest BCUT2D eigenvalue weighted by atomic mass is 9.76. The van der Waals surface area contributed by atoms with Gasteiger partial charge in [0.05, 0.1) is 0 Å². The molecule has 0 unspecified atom stereocenters. The number of nitrogens with zero attached hydrogens (tertiary/aromatic N) is 1. The Balaban J connectivity index is 1.93. The zero-order valence-electron chi connectivity index (χ0n) is 10.7. The van der Waals surface area contributed by atoms with Crippen molar-refractivity contribution in [2.24, 2.45) is 11.8 Å². The lowest BCUT2D eigenvalue weighted by molar-refractivity contribution is -0.126. The minimum absolute atomic E-state index is 0.186. The van der Waals surface area contributed by atoms with Crippen LogP contribution in [-0.2, 0) is 4.79 Å². The Morgan fingerprint density at radius 3 is 2.47 bits per heavy atom.